The zero-order valence-electron chi connectivity index (χ0n) is 16.6. The minimum absolute atomic E-state index is 0.0409. The Balaban J connectivity index is 1.39. The van der Waals surface area contributed by atoms with E-state index in [4.69, 9.17) is 4.74 Å². The van der Waals surface area contributed by atoms with E-state index in [1.807, 2.05) is 64.3 Å². The summed E-state index contributed by atoms with van der Waals surface area (Å²) in [6.07, 6.45) is 9.40. The van der Waals surface area contributed by atoms with E-state index in [9.17, 15) is 4.79 Å². The van der Waals surface area contributed by atoms with Crippen LogP contribution >= 0.6 is 0 Å². The smallest absolute Gasteiger partial charge is 0.247 e. The molecule has 0 atom stereocenters. The molecule has 0 aliphatic heterocycles. The van der Waals surface area contributed by atoms with Gasteiger partial charge in [-0.1, -0.05) is 42.5 Å². The zero-order valence-corrected chi connectivity index (χ0v) is 16.6. The molecule has 0 bridgehead atoms. The lowest BCUT2D eigenvalue weighted by Gasteiger charge is -2.21. The molecule has 1 heterocycles. The van der Waals surface area contributed by atoms with Gasteiger partial charge in [0.15, 0.2) is 0 Å². The number of hydrogen-bond acceptors (Lipinski definition) is 3. The van der Waals surface area contributed by atoms with Crippen molar-refractivity contribution in [1.82, 2.24) is 14.7 Å². The van der Waals surface area contributed by atoms with Crippen LogP contribution in [0.25, 0.3) is 6.08 Å². The Hall–Kier alpha value is -3.34. The number of rotatable bonds is 8. The molecule has 5 heteroatoms. The van der Waals surface area contributed by atoms with Crippen LogP contribution in [0, 0.1) is 0 Å². The van der Waals surface area contributed by atoms with Crippen LogP contribution in [-0.2, 0) is 17.9 Å². The first-order valence-corrected chi connectivity index (χ1v) is 9.89. The zero-order chi connectivity index (χ0) is 20.1. The molecule has 0 spiro atoms. The molecular weight excluding hydrogens is 362 g/mol. The summed E-state index contributed by atoms with van der Waals surface area (Å²) in [5.41, 5.74) is 3.23. The van der Waals surface area contributed by atoms with Gasteiger partial charge in [-0.25, -0.2) is 0 Å². The highest BCUT2D eigenvalue weighted by atomic mass is 16.5. The first-order chi connectivity index (χ1) is 14.2. The minimum atomic E-state index is 0.0409. The molecule has 1 amide bonds. The van der Waals surface area contributed by atoms with Gasteiger partial charge in [-0.15, -0.1) is 0 Å². The number of methoxy groups -OCH3 is 1. The molecule has 0 N–H and O–H groups in total. The second-order valence-corrected chi connectivity index (χ2v) is 7.34. The van der Waals surface area contributed by atoms with Crippen molar-refractivity contribution in [3.05, 3.63) is 89.8 Å². The van der Waals surface area contributed by atoms with E-state index >= 15 is 0 Å². The van der Waals surface area contributed by atoms with Gasteiger partial charge in [0.05, 0.1) is 19.9 Å². The van der Waals surface area contributed by atoms with E-state index in [0.29, 0.717) is 19.1 Å². The number of carbonyl (C=O) groups excluding carboxylic acids is 1. The summed E-state index contributed by atoms with van der Waals surface area (Å²) in [4.78, 5) is 14.8. The van der Waals surface area contributed by atoms with Gasteiger partial charge in [-0.05, 0) is 42.2 Å². The minimum Gasteiger partial charge on any atom is -0.497 e. The monoisotopic (exact) mass is 387 g/mol. The highest BCUT2D eigenvalue weighted by Gasteiger charge is 2.31. The van der Waals surface area contributed by atoms with Gasteiger partial charge in [-0.2, -0.15) is 5.10 Å². The average molecular weight is 387 g/mol. The quantitative estimate of drug-likeness (QED) is 0.546. The van der Waals surface area contributed by atoms with Crippen molar-refractivity contribution in [1.29, 1.82) is 0 Å². The highest BCUT2D eigenvalue weighted by Crippen LogP contribution is 2.29. The maximum atomic E-state index is 12.8. The first-order valence-electron chi connectivity index (χ1n) is 9.89. The number of hydrogen-bond donors (Lipinski definition) is 0. The van der Waals surface area contributed by atoms with E-state index in [2.05, 4.69) is 17.2 Å². The van der Waals surface area contributed by atoms with Gasteiger partial charge in [0.1, 0.15) is 5.75 Å². The SMILES string of the molecule is COc1ccc(CN(C(=O)/C=C/c2cnn(Cc3ccccc3)c2)C2CC2)cc1. The third kappa shape index (κ3) is 5.13. The summed E-state index contributed by atoms with van der Waals surface area (Å²) in [6.45, 7) is 1.33. The predicted molar refractivity (Wildman–Crippen MR) is 113 cm³/mol. The van der Waals surface area contributed by atoms with Crippen LogP contribution in [0.1, 0.15) is 29.5 Å². The number of amides is 1. The van der Waals surface area contributed by atoms with Crippen LogP contribution in [0.15, 0.2) is 73.1 Å². The lowest BCUT2D eigenvalue weighted by Crippen LogP contribution is -2.31. The van der Waals surface area contributed by atoms with Crippen LogP contribution in [0.5, 0.6) is 5.75 Å². The summed E-state index contributed by atoms with van der Waals surface area (Å²) >= 11 is 0. The Bertz CT molecular complexity index is 973. The fraction of sp³-hybridized carbons (Fsp3) is 0.250. The van der Waals surface area contributed by atoms with Gasteiger partial charge in [0.25, 0.3) is 0 Å². The van der Waals surface area contributed by atoms with Crippen molar-refractivity contribution >= 4 is 12.0 Å². The standard InChI is InChI=1S/C24H25N3O2/c1-29-23-12-7-20(8-13-23)18-27(22-10-11-22)24(28)14-9-21-15-25-26(17-21)16-19-5-3-2-4-6-19/h2-9,12-15,17,22H,10-11,16,18H2,1H3/b14-9+. The summed E-state index contributed by atoms with van der Waals surface area (Å²) in [5.74, 6) is 0.865. The number of nitrogens with zero attached hydrogens (tertiary/aromatic N) is 3. The van der Waals surface area contributed by atoms with Crippen LogP contribution in [0.3, 0.4) is 0 Å². The number of carbonyl (C=O) groups is 1. The first kappa shape index (κ1) is 19.0. The van der Waals surface area contributed by atoms with Gasteiger partial charge in [0.2, 0.25) is 5.91 Å². The molecule has 148 valence electrons. The topological polar surface area (TPSA) is 47.4 Å². The Morgan fingerprint density at radius 3 is 2.59 bits per heavy atom. The van der Waals surface area contributed by atoms with Crippen LogP contribution in [0.4, 0.5) is 0 Å². The van der Waals surface area contributed by atoms with Crippen molar-refractivity contribution in [2.75, 3.05) is 7.11 Å². The number of aromatic nitrogens is 2. The van der Waals surface area contributed by atoms with E-state index in [1.54, 1.807) is 19.4 Å². The molecule has 5 nitrogen and oxygen atoms in total. The third-order valence-electron chi connectivity index (χ3n) is 5.04. The maximum Gasteiger partial charge on any atom is 0.247 e. The largest absolute Gasteiger partial charge is 0.497 e. The maximum absolute atomic E-state index is 12.8. The number of ether oxygens (including phenoxy) is 1. The second-order valence-electron chi connectivity index (χ2n) is 7.34. The molecule has 1 aliphatic rings. The van der Waals surface area contributed by atoms with Crippen LogP contribution in [-0.4, -0.2) is 33.7 Å². The van der Waals surface area contributed by atoms with Crippen LogP contribution in [0.2, 0.25) is 0 Å². The molecule has 1 aliphatic carbocycles. The molecule has 0 saturated heterocycles. The molecule has 1 aromatic heterocycles. The molecular formula is C24H25N3O2. The summed E-state index contributed by atoms with van der Waals surface area (Å²) in [7, 11) is 1.65. The van der Waals surface area contributed by atoms with Gasteiger partial charge in [-0.3, -0.25) is 9.48 Å². The fourth-order valence-electron chi connectivity index (χ4n) is 3.29. The normalized spacial score (nSPS) is 13.6. The fourth-order valence-corrected chi connectivity index (χ4v) is 3.29. The summed E-state index contributed by atoms with van der Waals surface area (Å²) < 4.78 is 7.09. The summed E-state index contributed by atoms with van der Waals surface area (Å²) in [6, 6.07) is 18.4. The van der Waals surface area contributed by atoms with Gasteiger partial charge >= 0.3 is 0 Å². The van der Waals surface area contributed by atoms with Crippen LogP contribution < -0.4 is 4.74 Å². The second kappa shape index (κ2) is 8.78. The molecule has 29 heavy (non-hydrogen) atoms. The molecule has 4 rings (SSSR count). The molecule has 3 aromatic rings. The van der Waals surface area contributed by atoms with Gasteiger partial charge < -0.3 is 9.64 Å². The predicted octanol–water partition coefficient (Wildman–Crippen LogP) is 4.14. The Kier molecular flexibility index (Phi) is 5.75. The Labute approximate surface area is 171 Å². The third-order valence-corrected chi connectivity index (χ3v) is 5.04. The van der Waals surface area contributed by atoms with Crippen molar-refractivity contribution in [3.63, 3.8) is 0 Å². The van der Waals surface area contributed by atoms with Crippen molar-refractivity contribution in [2.45, 2.75) is 32.0 Å². The van der Waals surface area contributed by atoms with Crippen molar-refractivity contribution in [2.24, 2.45) is 0 Å². The number of benzene rings is 2. The van der Waals surface area contributed by atoms with E-state index in [-0.39, 0.29) is 5.91 Å². The van der Waals surface area contributed by atoms with Gasteiger partial charge in [0, 0.05) is 30.4 Å². The highest BCUT2D eigenvalue weighted by molar-refractivity contribution is 5.92. The Morgan fingerprint density at radius 1 is 1.14 bits per heavy atom. The molecule has 1 saturated carbocycles. The molecule has 0 radical (unpaired) electrons. The molecule has 0 unspecified atom stereocenters. The molecule has 1 fully saturated rings. The lowest BCUT2D eigenvalue weighted by atomic mass is 10.2. The van der Waals surface area contributed by atoms with Crippen molar-refractivity contribution in [3.8, 4) is 5.75 Å². The lowest BCUT2D eigenvalue weighted by molar-refractivity contribution is -0.127. The van der Waals surface area contributed by atoms with E-state index in [0.717, 1.165) is 29.7 Å². The van der Waals surface area contributed by atoms with Crippen molar-refractivity contribution < 1.29 is 9.53 Å². The van der Waals surface area contributed by atoms with E-state index in [1.165, 1.54) is 5.56 Å². The molecule has 2 aromatic carbocycles. The van der Waals surface area contributed by atoms with E-state index < -0.39 is 0 Å². The Morgan fingerprint density at radius 2 is 1.90 bits per heavy atom. The summed E-state index contributed by atoms with van der Waals surface area (Å²) in [5, 5.41) is 4.39. The average Bonchev–Trinajstić information content (AvgIpc) is 3.51.